The molecule has 0 spiro atoms. The van der Waals surface area contributed by atoms with Gasteiger partial charge >= 0.3 is 0 Å². The van der Waals surface area contributed by atoms with E-state index in [1.807, 2.05) is 0 Å². The molecule has 0 radical (unpaired) electrons. The summed E-state index contributed by atoms with van der Waals surface area (Å²) >= 11 is 0. The first-order valence-corrected chi connectivity index (χ1v) is 7.20. The minimum atomic E-state index is 0.324. The molecule has 1 heteroatoms. The summed E-state index contributed by atoms with van der Waals surface area (Å²) in [6, 6.07) is 16.9. The summed E-state index contributed by atoms with van der Waals surface area (Å²) in [5.74, 6) is 0.934. The largest absolute Gasteiger partial charge is 0.489 e. The quantitative estimate of drug-likeness (QED) is 0.744. The SMILES string of the molecule is Cc1ccc(COc2ccc(CC(C)(C)C)cc2)cc1. The Balaban J connectivity index is 1.92. The summed E-state index contributed by atoms with van der Waals surface area (Å²) in [4.78, 5) is 0. The molecule has 0 atom stereocenters. The standard InChI is InChI=1S/C19H24O/c1-15-5-7-17(8-6-15)14-20-18-11-9-16(10-12-18)13-19(2,3)4/h5-12H,13-14H2,1-4H3. The van der Waals surface area contributed by atoms with Crippen molar-refractivity contribution in [1.82, 2.24) is 0 Å². The van der Waals surface area contributed by atoms with Gasteiger partial charge in [-0.25, -0.2) is 0 Å². The molecular formula is C19H24O. The second-order valence-electron chi connectivity index (χ2n) is 6.66. The first kappa shape index (κ1) is 14.6. The van der Waals surface area contributed by atoms with Crippen molar-refractivity contribution in [2.45, 2.75) is 40.7 Å². The molecule has 0 aliphatic carbocycles. The first-order valence-electron chi connectivity index (χ1n) is 7.20. The van der Waals surface area contributed by atoms with Gasteiger partial charge in [0.15, 0.2) is 0 Å². The van der Waals surface area contributed by atoms with Gasteiger partial charge in [0.1, 0.15) is 12.4 Å². The molecule has 0 heterocycles. The monoisotopic (exact) mass is 268 g/mol. The van der Waals surface area contributed by atoms with Gasteiger partial charge in [-0.3, -0.25) is 0 Å². The second kappa shape index (κ2) is 6.13. The predicted molar refractivity (Wildman–Crippen MR) is 85.1 cm³/mol. The van der Waals surface area contributed by atoms with E-state index in [4.69, 9.17) is 4.74 Å². The van der Waals surface area contributed by atoms with Crippen LogP contribution >= 0.6 is 0 Å². The minimum absolute atomic E-state index is 0.324. The van der Waals surface area contributed by atoms with Crippen LogP contribution in [-0.2, 0) is 13.0 Å². The van der Waals surface area contributed by atoms with Crippen molar-refractivity contribution in [2.75, 3.05) is 0 Å². The predicted octanol–water partition coefficient (Wildman–Crippen LogP) is 5.16. The first-order chi connectivity index (χ1) is 9.42. The number of hydrogen-bond donors (Lipinski definition) is 0. The molecule has 0 aromatic heterocycles. The molecule has 0 unspecified atom stereocenters. The van der Waals surface area contributed by atoms with E-state index in [2.05, 4.69) is 76.2 Å². The highest BCUT2D eigenvalue weighted by Gasteiger charge is 2.10. The lowest BCUT2D eigenvalue weighted by atomic mass is 9.88. The van der Waals surface area contributed by atoms with Crippen LogP contribution in [0.3, 0.4) is 0 Å². The molecule has 20 heavy (non-hydrogen) atoms. The minimum Gasteiger partial charge on any atom is -0.489 e. The third-order valence-corrected chi connectivity index (χ3v) is 3.18. The van der Waals surface area contributed by atoms with E-state index >= 15 is 0 Å². The number of ether oxygens (including phenoxy) is 1. The van der Waals surface area contributed by atoms with Gasteiger partial charge in [0, 0.05) is 0 Å². The van der Waals surface area contributed by atoms with Crippen molar-refractivity contribution in [1.29, 1.82) is 0 Å². The molecule has 0 saturated heterocycles. The van der Waals surface area contributed by atoms with E-state index in [1.54, 1.807) is 0 Å². The van der Waals surface area contributed by atoms with Crippen LogP contribution in [0.25, 0.3) is 0 Å². The molecule has 0 aliphatic rings. The van der Waals surface area contributed by atoms with Gasteiger partial charge in [0.05, 0.1) is 0 Å². The number of aryl methyl sites for hydroxylation is 1. The van der Waals surface area contributed by atoms with Crippen LogP contribution in [0.1, 0.15) is 37.5 Å². The van der Waals surface area contributed by atoms with Crippen LogP contribution in [0.5, 0.6) is 5.75 Å². The summed E-state index contributed by atoms with van der Waals surface area (Å²) in [5, 5.41) is 0. The van der Waals surface area contributed by atoms with E-state index in [0.29, 0.717) is 12.0 Å². The van der Waals surface area contributed by atoms with Crippen molar-refractivity contribution in [3.8, 4) is 5.75 Å². The average molecular weight is 268 g/mol. The zero-order valence-electron chi connectivity index (χ0n) is 12.9. The normalized spacial score (nSPS) is 11.4. The highest BCUT2D eigenvalue weighted by atomic mass is 16.5. The van der Waals surface area contributed by atoms with E-state index in [-0.39, 0.29) is 0 Å². The summed E-state index contributed by atoms with van der Waals surface area (Å²) in [7, 11) is 0. The Morgan fingerprint density at radius 1 is 0.800 bits per heavy atom. The van der Waals surface area contributed by atoms with Gasteiger partial charge in [-0.2, -0.15) is 0 Å². The van der Waals surface area contributed by atoms with Crippen molar-refractivity contribution in [2.24, 2.45) is 5.41 Å². The highest BCUT2D eigenvalue weighted by Crippen LogP contribution is 2.22. The van der Waals surface area contributed by atoms with Crippen molar-refractivity contribution in [3.63, 3.8) is 0 Å². The third-order valence-electron chi connectivity index (χ3n) is 3.18. The molecule has 0 N–H and O–H groups in total. The molecule has 0 bridgehead atoms. The van der Waals surface area contributed by atoms with E-state index in [0.717, 1.165) is 12.2 Å². The van der Waals surface area contributed by atoms with Gasteiger partial charge < -0.3 is 4.74 Å². The van der Waals surface area contributed by atoms with E-state index < -0.39 is 0 Å². The fraction of sp³-hybridized carbons (Fsp3) is 0.368. The molecule has 106 valence electrons. The second-order valence-corrected chi connectivity index (χ2v) is 6.66. The summed E-state index contributed by atoms with van der Waals surface area (Å²) in [6.45, 7) is 9.50. The van der Waals surface area contributed by atoms with Gasteiger partial charge in [-0.05, 0) is 42.0 Å². The Morgan fingerprint density at radius 3 is 1.90 bits per heavy atom. The summed E-state index contributed by atoms with van der Waals surface area (Å²) < 4.78 is 5.82. The van der Waals surface area contributed by atoms with Gasteiger partial charge in [0.2, 0.25) is 0 Å². The third kappa shape index (κ3) is 4.73. The zero-order valence-corrected chi connectivity index (χ0v) is 12.9. The maximum absolute atomic E-state index is 5.82. The number of rotatable bonds is 4. The Hall–Kier alpha value is -1.76. The average Bonchev–Trinajstić information content (AvgIpc) is 2.38. The van der Waals surface area contributed by atoms with Gasteiger partial charge in [0.25, 0.3) is 0 Å². The highest BCUT2D eigenvalue weighted by molar-refractivity contribution is 5.28. The lowest BCUT2D eigenvalue weighted by molar-refractivity contribution is 0.306. The van der Waals surface area contributed by atoms with Gasteiger partial charge in [-0.15, -0.1) is 0 Å². The smallest absolute Gasteiger partial charge is 0.119 e. The molecule has 0 aliphatic heterocycles. The Labute approximate surface area is 122 Å². The topological polar surface area (TPSA) is 9.23 Å². The molecule has 2 aromatic carbocycles. The lowest BCUT2D eigenvalue weighted by Gasteiger charge is -2.18. The van der Waals surface area contributed by atoms with Crippen molar-refractivity contribution >= 4 is 0 Å². The lowest BCUT2D eigenvalue weighted by Crippen LogP contribution is -2.08. The maximum atomic E-state index is 5.82. The maximum Gasteiger partial charge on any atom is 0.119 e. The molecule has 0 saturated carbocycles. The van der Waals surface area contributed by atoms with Crippen LogP contribution in [0.2, 0.25) is 0 Å². The van der Waals surface area contributed by atoms with Crippen LogP contribution in [0, 0.1) is 12.3 Å². The van der Waals surface area contributed by atoms with E-state index in [1.165, 1.54) is 16.7 Å². The fourth-order valence-corrected chi connectivity index (χ4v) is 2.17. The van der Waals surface area contributed by atoms with Crippen LogP contribution < -0.4 is 4.74 Å². The summed E-state index contributed by atoms with van der Waals surface area (Å²) in [5.41, 5.74) is 4.17. The van der Waals surface area contributed by atoms with Crippen molar-refractivity contribution in [3.05, 3.63) is 65.2 Å². The number of hydrogen-bond acceptors (Lipinski definition) is 1. The molecule has 0 amide bonds. The molecule has 0 fully saturated rings. The van der Waals surface area contributed by atoms with E-state index in [9.17, 15) is 0 Å². The molecule has 1 nitrogen and oxygen atoms in total. The Morgan fingerprint density at radius 2 is 1.35 bits per heavy atom. The van der Waals surface area contributed by atoms with Gasteiger partial charge in [-0.1, -0.05) is 62.7 Å². The summed E-state index contributed by atoms with van der Waals surface area (Å²) in [6.07, 6.45) is 1.09. The van der Waals surface area contributed by atoms with Crippen molar-refractivity contribution < 1.29 is 4.74 Å². The molecular weight excluding hydrogens is 244 g/mol. The zero-order chi connectivity index (χ0) is 14.6. The molecule has 2 aromatic rings. The van der Waals surface area contributed by atoms with Crippen LogP contribution in [-0.4, -0.2) is 0 Å². The Kier molecular flexibility index (Phi) is 4.49. The molecule has 2 rings (SSSR count). The Bertz CT molecular complexity index is 529. The van der Waals surface area contributed by atoms with Crippen LogP contribution in [0.4, 0.5) is 0 Å². The number of benzene rings is 2. The van der Waals surface area contributed by atoms with Crippen LogP contribution in [0.15, 0.2) is 48.5 Å². The fourth-order valence-electron chi connectivity index (χ4n) is 2.17.